The topological polar surface area (TPSA) is 180 Å². The summed E-state index contributed by atoms with van der Waals surface area (Å²) in [7, 11) is 1.37. The summed E-state index contributed by atoms with van der Waals surface area (Å²) in [6.07, 6.45) is 0.299. The summed E-state index contributed by atoms with van der Waals surface area (Å²) in [5.74, 6) is -1.65. The number of rotatable bonds is 6. The van der Waals surface area contributed by atoms with E-state index in [1.54, 1.807) is 0 Å². The monoisotopic (exact) mass is 414 g/mol. The van der Waals surface area contributed by atoms with Crippen molar-refractivity contribution in [3.8, 4) is 0 Å². The van der Waals surface area contributed by atoms with Gasteiger partial charge in [-0.2, -0.15) is 0 Å². The fourth-order valence-corrected chi connectivity index (χ4v) is 5.17. The number of nitrogens with one attached hydrogen (secondary N) is 2. The molecule has 1 saturated heterocycles. The molecule has 0 saturated carbocycles. The van der Waals surface area contributed by atoms with Crippen molar-refractivity contribution in [2.24, 2.45) is 12.8 Å². The molecule has 12 nitrogen and oxygen atoms in total. The van der Waals surface area contributed by atoms with E-state index in [0.717, 1.165) is 21.2 Å². The zero-order chi connectivity index (χ0) is 19.9. The maximum atomic E-state index is 12.3. The van der Waals surface area contributed by atoms with Gasteiger partial charge in [0, 0.05) is 18.6 Å². The minimum absolute atomic E-state index is 0.121. The predicted molar refractivity (Wildman–Crippen MR) is 94.7 cm³/mol. The Morgan fingerprint density at radius 2 is 2.26 bits per heavy atom. The normalized spacial score (nSPS) is 24.3. The highest BCUT2D eigenvalue weighted by atomic mass is 32.2. The van der Waals surface area contributed by atoms with Crippen LogP contribution in [-0.2, 0) is 21.4 Å². The highest BCUT2D eigenvalue weighted by Crippen LogP contribution is 2.44. The Hall–Kier alpha value is -2.58. The first-order valence-electron chi connectivity index (χ1n) is 7.41. The summed E-state index contributed by atoms with van der Waals surface area (Å²) in [5.41, 5.74) is 2.80. The van der Waals surface area contributed by atoms with E-state index in [9.17, 15) is 29.1 Å². The molecule has 5 N–H and O–H groups in total. The van der Waals surface area contributed by atoms with Gasteiger partial charge in [-0.05, 0) is 5.57 Å². The van der Waals surface area contributed by atoms with Gasteiger partial charge < -0.3 is 10.4 Å². The number of fused-ring (bicyclic) bond motifs is 1. The van der Waals surface area contributed by atoms with Gasteiger partial charge in [0.1, 0.15) is 11.1 Å². The molecule has 0 radical (unpaired) electrons. The molecule has 1 fully saturated rings. The van der Waals surface area contributed by atoms with Crippen molar-refractivity contribution < 1.29 is 19.5 Å². The molecule has 0 aliphatic carbocycles. The molecule has 1 aromatic heterocycles. The molecule has 0 spiro atoms. The first kappa shape index (κ1) is 19.2. The zero-order valence-corrected chi connectivity index (χ0v) is 15.4. The second-order valence-electron chi connectivity index (χ2n) is 5.72. The van der Waals surface area contributed by atoms with Crippen molar-refractivity contribution in [3.05, 3.63) is 32.0 Å². The highest BCUT2D eigenvalue weighted by molar-refractivity contribution is 8.01. The van der Waals surface area contributed by atoms with Crippen LogP contribution in [0.4, 0.5) is 0 Å². The van der Waals surface area contributed by atoms with Gasteiger partial charge in [0.15, 0.2) is 5.16 Å². The Bertz CT molecular complexity index is 986. The molecular weight excluding hydrogens is 400 g/mol. The first-order chi connectivity index (χ1) is 12.7. The third-order valence-electron chi connectivity index (χ3n) is 4.10. The van der Waals surface area contributed by atoms with Crippen LogP contribution in [0.5, 0.6) is 0 Å². The maximum Gasteiger partial charge on any atom is 0.352 e. The SMILES string of the molecule is Cn1c(SCC2=C(C(=O)O)N3C(=O)[C@](N)(NC=O)[C@@H]3SC2)n[nH]c(=O)c1=O. The number of carbonyl (C=O) groups is 3. The fraction of sp³-hybridized carbons (Fsp3) is 0.385. The number of aliphatic carboxylic acids is 1. The van der Waals surface area contributed by atoms with Crippen LogP contribution < -0.4 is 22.2 Å². The molecule has 3 heterocycles. The van der Waals surface area contributed by atoms with Crippen molar-refractivity contribution in [2.75, 3.05) is 11.5 Å². The largest absolute Gasteiger partial charge is 0.477 e. The van der Waals surface area contributed by atoms with Crippen LogP contribution >= 0.6 is 23.5 Å². The van der Waals surface area contributed by atoms with Crippen LogP contribution in [0.15, 0.2) is 26.0 Å². The Balaban J connectivity index is 1.88. The number of β-lactam (4-membered cyclic amide) rings is 1. The summed E-state index contributed by atoms with van der Waals surface area (Å²) in [5, 5.41) is 17.1. The molecule has 27 heavy (non-hydrogen) atoms. The van der Waals surface area contributed by atoms with Crippen molar-refractivity contribution >= 4 is 41.8 Å². The third kappa shape index (κ3) is 2.94. The molecule has 2 atom stereocenters. The van der Waals surface area contributed by atoms with Gasteiger partial charge in [-0.1, -0.05) is 11.8 Å². The Morgan fingerprint density at radius 3 is 2.89 bits per heavy atom. The molecule has 0 bridgehead atoms. The molecule has 144 valence electrons. The van der Waals surface area contributed by atoms with Crippen molar-refractivity contribution in [3.63, 3.8) is 0 Å². The highest BCUT2D eigenvalue weighted by Gasteiger charge is 2.62. The van der Waals surface area contributed by atoms with E-state index in [0.29, 0.717) is 12.0 Å². The van der Waals surface area contributed by atoms with Gasteiger partial charge in [0.25, 0.3) is 5.91 Å². The number of hydrogen-bond acceptors (Lipinski definition) is 9. The second kappa shape index (κ2) is 6.86. The van der Waals surface area contributed by atoms with Gasteiger partial charge in [-0.3, -0.25) is 34.4 Å². The van der Waals surface area contributed by atoms with E-state index in [4.69, 9.17) is 5.73 Å². The molecule has 14 heteroatoms. The molecule has 2 amide bonds. The summed E-state index contributed by atoms with van der Waals surface area (Å²) >= 11 is 2.26. The number of carbonyl (C=O) groups excluding carboxylic acids is 2. The fourth-order valence-electron chi connectivity index (χ4n) is 2.73. The summed E-state index contributed by atoms with van der Waals surface area (Å²) in [6, 6.07) is 0. The lowest BCUT2D eigenvalue weighted by atomic mass is 9.97. The van der Waals surface area contributed by atoms with E-state index >= 15 is 0 Å². The smallest absolute Gasteiger partial charge is 0.352 e. The molecule has 1 aromatic rings. The van der Waals surface area contributed by atoms with E-state index in [1.807, 2.05) is 0 Å². The van der Waals surface area contributed by atoms with E-state index in [2.05, 4.69) is 15.5 Å². The van der Waals surface area contributed by atoms with Crippen LogP contribution in [0.3, 0.4) is 0 Å². The average Bonchev–Trinajstić information content (AvgIpc) is 2.64. The number of nitrogens with two attached hydrogens (primary N) is 1. The van der Waals surface area contributed by atoms with Gasteiger partial charge >= 0.3 is 17.1 Å². The molecule has 0 unspecified atom stereocenters. The second-order valence-corrected chi connectivity index (χ2v) is 7.73. The molecule has 2 aliphatic rings. The Labute approximate surface area is 159 Å². The summed E-state index contributed by atoms with van der Waals surface area (Å²) < 4.78 is 1.05. The number of aromatic amines is 1. The number of hydrogen-bond donors (Lipinski definition) is 4. The molecule has 2 aliphatic heterocycles. The minimum atomic E-state index is -1.64. The van der Waals surface area contributed by atoms with Crippen molar-refractivity contribution in [2.45, 2.75) is 16.2 Å². The summed E-state index contributed by atoms with van der Waals surface area (Å²) in [4.78, 5) is 58.7. The van der Waals surface area contributed by atoms with Gasteiger partial charge in [0.2, 0.25) is 12.1 Å². The zero-order valence-electron chi connectivity index (χ0n) is 13.8. The van der Waals surface area contributed by atoms with Crippen LogP contribution in [0.2, 0.25) is 0 Å². The third-order valence-corrected chi connectivity index (χ3v) is 6.63. The Morgan fingerprint density at radius 1 is 1.56 bits per heavy atom. The number of H-pyrrole nitrogens is 1. The molecular formula is C13H14N6O6S2. The van der Waals surface area contributed by atoms with Gasteiger partial charge in [-0.15, -0.1) is 16.9 Å². The Kier molecular flexibility index (Phi) is 4.88. The number of carboxylic acids is 1. The summed E-state index contributed by atoms with van der Waals surface area (Å²) in [6.45, 7) is 0. The lowest BCUT2D eigenvalue weighted by Crippen LogP contribution is -2.83. The quantitative estimate of drug-likeness (QED) is 0.125. The van der Waals surface area contributed by atoms with Crippen LogP contribution in [0.1, 0.15) is 0 Å². The standard InChI is InChI=1S/C13H14N6O6S2/c1-18-8(22)7(21)16-17-12(18)27-3-5-2-26-11-13(14,15-4-20)10(25)19(11)6(5)9(23)24/h4,11H,2-3,14H2,1H3,(H,15,20)(H,16,21)(H,23,24)/t11-,13-/m0/s1. The number of amides is 2. The minimum Gasteiger partial charge on any atom is -0.477 e. The lowest BCUT2D eigenvalue weighted by molar-refractivity contribution is -0.157. The number of carboxylic acid groups (broad SMARTS) is 1. The van der Waals surface area contributed by atoms with Crippen LogP contribution in [0.25, 0.3) is 0 Å². The van der Waals surface area contributed by atoms with Crippen molar-refractivity contribution in [1.82, 2.24) is 25.0 Å². The van der Waals surface area contributed by atoms with Crippen LogP contribution in [0, 0.1) is 0 Å². The van der Waals surface area contributed by atoms with E-state index < -0.39 is 34.0 Å². The number of aromatic nitrogens is 3. The number of nitrogens with zero attached hydrogens (tertiary/aromatic N) is 3. The maximum absolute atomic E-state index is 12.3. The number of thioether (sulfide) groups is 2. The van der Waals surface area contributed by atoms with Crippen LogP contribution in [-0.4, -0.2) is 65.6 Å². The average molecular weight is 414 g/mol. The van der Waals surface area contributed by atoms with Gasteiger partial charge in [-0.25, -0.2) is 9.89 Å². The lowest BCUT2D eigenvalue weighted by Gasteiger charge is -2.54. The van der Waals surface area contributed by atoms with Crippen molar-refractivity contribution in [1.29, 1.82) is 0 Å². The molecule has 0 aromatic carbocycles. The first-order valence-corrected chi connectivity index (χ1v) is 9.45. The molecule has 3 rings (SSSR count). The predicted octanol–water partition coefficient (Wildman–Crippen LogP) is -2.78. The van der Waals surface area contributed by atoms with E-state index in [-0.39, 0.29) is 22.4 Å². The van der Waals surface area contributed by atoms with Gasteiger partial charge in [0.05, 0.1) is 0 Å². The van der Waals surface area contributed by atoms with E-state index in [1.165, 1.54) is 18.8 Å².